The highest BCUT2D eigenvalue weighted by atomic mass is 32.2. The monoisotopic (exact) mass is 224 g/mol. The zero-order chi connectivity index (χ0) is 11.4. The summed E-state index contributed by atoms with van der Waals surface area (Å²) >= 11 is 0. The fourth-order valence-electron chi connectivity index (χ4n) is 1.01. The predicted octanol–water partition coefficient (Wildman–Crippen LogP) is -0.0665. The first-order chi connectivity index (χ1) is 6.29. The van der Waals surface area contributed by atoms with Crippen molar-refractivity contribution in [2.45, 2.75) is 33.2 Å². The third kappa shape index (κ3) is 3.91. The zero-order valence-electron chi connectivity index (χ0n) is 9.24. The maximum Gasteiger partial charge on any atom is 0.279 e. The van der Waals surface area contributed by atoms with Crippen molar-refractivity contribution in [3.63, 3.8) is 0 Å². The molecule has 0 heterocycles. The van der Waals surface area contributed by atoms with Crippen molar-refractivity contribution in [1.82, 2.24) is 9.03 Å². The first kappa shape index (κ1) is 13.8. The minimum absolute atomic E-state index is 0.229. The van der Waals surface area contributed by atoms with Crippen LogP contribution in [-0.4, -0.2) is 43.1 Å². The van der Waals surface area contributed by atoms with Crippen molar-refractivity contribution < 1.29 is 13.5 Å². The lowest BCUT2D eigenvalue weighted by Gasteiger charge is -2.27. The molecule has 0 unspecified atom stereocenters. The van der Waals surface area contributed by atoms with Crippen molar-refractivity contribution in [2.24, 2.45) is 0 Å². The van der Waals surface area contributed by atoms with Crippen LogP contribution in [0.4, 0.5) is 0 Å². The number of nitrogens with one attached hydrogen (secondary N) is 1. The number of aliphatic hydroxyl groups is 1. The smallest absolute Gasteiger partial charge is 0.279 e. The summed E-state index contributed by atoms with van der Waals surface area (Å²) in [4.78, 5) is 0. The lowest BCUT2D eigenvalue weighted by molar-refractivity contribution is 0.205. The molecule has 6 heteroatoms. The van der Waals surface area contributed by atoms with Gasteiger partial charge in [-0.25, -0.2) is 0 Å². The van der Waals surface area contributed by atoms with Gasteiger partial charge in [0.15, 0.2) is 0 Å². The van der Waals surface area contributed by atoms with Gasteiger partial charge in [0.2, 0.25) is 0 Å². The summed E-state index contributed by atoms with van der Waals surface area (Å²) in [5.74, 6) is 0. The summed E-state index contributed by atoms with van der Waals surface area (Å²) < 4.78 is 27.1. The lowest BCUT2D eigenvalue weighted by atomic mass is 10.1. The summed E-state index contributed by atoms with van der Waals surface area (Å²) in [5, 5.41) is 8.94. The van der Waals surface area contributed by atoms with Gasteiger partial charge < -0.3 is 5.11 Å². The van der Waals surface area contributed by atoms with E-state index in [9.17, 15) is 8.42 Å². The Hall–Kier alpha value is -0.170. The molecule has 2 N–H and O–H groups in total. The molecular weight excluding hydrogens is 204 g/mol. The van der Waals surface area contributed by atoms with Gasteiger partial charge >= 0.3 is 0 Å². The maximum atomic E-state index is 11.7. The molecule has 0 radical (unpaired) electrons. The molecule has 0 aromatic heterocycles. The Morgan fingerprint density at radius 1 is 1.29 bits per heavy atom. The Morgan fingerprint density at radius 2 is 1.71 bits per heavy atom. The van der Waals surface area contributed by atoms with Crippen molar-refractivity contribution >= 4 is 10.2 Å². The number of hydrogen-bond donors (Lipinski definition) is 2. The van der Waals surface area contributed by atoms with E-state index in [1.165, 1.54) is 4.31 Å². The van der Waals surface area contributed by atoms with Crippen LogP contribution < -0.4 is 4.72 Å². The van der Waals surface area contributed by atoms with Crippen LogP contribution in [0.3, 0.4) is 0 Å². The van der Waals surface area contributed by atoms with E-state index in [4.69, 9.17) is 5.11 Å². The Kier molecular flexibility index (Phi) is 5.00. The molecule has 0 atom stereocenters. The van der Waals surface area contributed by atoms with Gasteiger partial charge in [-0.3, -0.25) is 0 Å². The van der Waals surface area contributed by atoms with Gasteiger partial charge in [-0.05, 0) is 13.8 Å². The molecule has 0 fully saturated rings. The van der Waals surface area contributed by atoms with Gasteiger partial charge in [0, 0.05) is 13.1 Å². The molecule has 0 bridgehead atoms. The van der Waals surface area contributed by atoms with E-state index in [-0.39, 0.29) is 6.61 Å². The maximum absolute atomic E-state index is 11.7. The standard InChI is InChI=1S/C8H20N2O3S/c1-5-10(6-2)14(12,13)9-8(3,4)7-11/h9,11H,5-7H2,1-4H3. The molecule has 0 aliphatic heterocycles. The van der Waals surface area contributed by atoms with Crippen molar-refractivity contribution in [1.29, 1.82) is 0 Å². The van der Waals surface area contributed by atoms with Crippen molar-refractivity contribution in [2.75, 3.05) is 19.7 Å². The minimum Gasteiger partial charge on any atom is -0.394 e. The van der Waals surface area contributed by atoms with Crippen LogP contribution in [-0.2, 0) is 10.2 Å². The quantitative estimate of drug-likeness (QED) is 0.664. The highest BCUT2D eigenvalue weighted by molar-refractivity contribution is 7.87. The third-order valence-corrected chi connectivity index (χ3v) is 3.85. The van der Waals surface area contributed by atoms with Crippen LogP contribution in [0.25, 0.3) is 0 Å². The average Bonchev–Trinajstić information content (AvgIpc) is 2.04. The van der Waals surface area contributed by atoms with Crippen molar-refractivity contribution in [3.8, 4) is 0 Å². The molecule has 0 aliphatic carbocycles. The van der Waals surface area contributed by atoms with E-state index < -0.39 is 15.7 Å². The summed E-state index contributed by atoms with van der Waals surface area (Å²) in [7, 11) is -3.47. The third-order valence-electron chi connectivity index (χ3n) is 1.85. The van der Waals surface area contributed by atoms with E-state index in [0.29, 0.717) is 13.1 Å². The van der Waals surface area contributed by atoms with Crippen LogP contribution >= 0.6 is 0 Å². The molecule has 0 spiro atoms. The highest BCUT2D eigenvalue weighted by Crippen LogP contribution is 2.06. The average molecular weight is 224 g/mol. The zero-order valence-corrected chi connectivity index (χ0v) is 10.1. The number of rotatable bonds is 6. The lowest BCUT2D eigenvalue weighted by Crippen LogP contribution is -2.52. The van der Waals surface area contributed by atoms with Gasteiger partial charge in [0.25, 0.3) is 10.2 Å². The second kappa shape index (κ2) is 5.06. The van der Waals surface area contributed by atoms with Crippen LogP contribution in [0.5, 0.6) is 0 Å². The highest BCUT2D eigenvalue weighted by Gasteiger charge is 2.27. The predicted molar refractivity (Wildman–Crippen MR) is 56.1 cm³/mol. The largest absolute Gasteiger partial charge is 0.394 e. The molecule has 5 nitrogen and oxygen atoms in total. The molecule has 86 valence electrons. The second-order valence-electron chi connectivity index (χ2n) is 3.73. The molecule has 14 heavy (non-hydrogen) atoms. The van der Waals surface area contributed by atoms with Gasteiger partial charge in [-0.15, -0.1) is 0 Å². The van der Waals surface area contributed by atoms with Gasteiger partial charge in [0.1, 0.15) is 0 Å². The van der Waals surface area contributed by atoms with Crippen LogP contribution in [0.1, 0.15) is 27.7 Å². The van der Waals surface area contributed by atoms with E-state index in [1.54, 1.807) is 27.7 Å². The van der Waals surface area contributed by atoms with Crippen molar-refractivity contribution in [3.05, 3.63) is 0 Å². The Morgan fingerprint density at radius 3 is 2.00 bits per heavy atom. The summed E-state index contributed by atoms with van der Waals surface area (Å²) in [6.45, 7) is 7.43. The molecule has 0 saturated carbocycles. The Bertz CT molecular complexity index is 258. The normalized spacial score (nSPS) is 13.6. The van der Waals surface area contributed by atoms with Crippen LogP contribution in [0.2, 0.25) is 0 Å². The first-order valence-corrected chi connectivity index (χ1v) is 6.13. The fraction of sp³-hybridized carbons (Fsp3) is 1.00. The summed E-state index contributed by atoms with van der Waals surface area (Å²) in [5.41, 5.74) is -0.818. The second-order valence-corrected chi connectivity index (χ2v) is 5.40. The van der Waals surface area contributed by atoms with Crippen LogP contribution in [0.15, 0.2) is 0 Å². The van der Waals surface area contributed by atoms with Crippen LogP contribution in [0, 0.1) is 0 Å². The van der Waals surface area contributed by atoms with E-state index in [0.717, 1.165) is 0 Å². The first-order valence-electron chi connectivity index (χ1n) is 4.69. The van der Waals surface area contributed by atoms with Gasteiger partial charge in [-0.1, -0.05) is 13.8 Å². The fourth-order valence-corrected chi connectivity index (χ4v) is 2.58. The molecule has 0 aliphatic rings. The molecular formula is C8H20N2O3S. The van der Waals surface area contributed by atoms with E-state index in [1.807, 2.05) is 0 Å². The SMILES string of the molecule is CCN(CC)S(=O)(=O)NC(C)(C)CO. The Balaban J connectivity index is 4.64. The number of hydrogen-bond acceptors (Lipinski definition) is 3. The van der Waals surface area contributed by atoms with E-state index >= 15 is 0 Å². The van der Waals surface area contributed by atoms with Gasteiger partial charge in [0.05, 0.1) is 12.1 Å². The summed E-state index contributed by atoms with van der Waals surface area (Å²) in [6.07, 6.45) is 0. The summed E-state index contributed by atoms with van der Waals surface area (Å²) in [6, 6.07) is 0. The molecule has 0 aromatic rings. The molecule has 0 rings (SSSR count). The minimum atomic E-state index is -3.47. The molecule has 0 saturated heterocycles. The molecule has 0 amide bonds. The number of nitrogens with zero attached hydrogens (tertiary/aromatic N) is 1. The van der Waals surface area contributed by atoms with E-state index in [2.05, 4.69) is 4.72 Å². The topological polar surface area (TPSA) is 69.6 Å². The van der Waals surface area contributed by atoms with Gasteiger partial charge in [-0.2, -0.15) is 17.4 Å². The Labute approximate surface area is 86.3 Å². The number of aliphatic hydroxyl groups excluding tert-OH is 1. The molecule has 0 aromatic carbocycles.